The summed E-state index contributed by atoms with van der Waals surface area (Å²) < 4.78 is 39.3. The maximum Gasteiger partial charge on any atom is 0.123 e. The predicted octanol–water partition coefficient (Wildman–Crippen LogP) is 5.98. The minimum absolute atomic E-state index is 0.192. The third-order valence-corrected chi connectivity index (χ3v) is 7.74. The third kappa shape index (κ3) is 12.0. The number of alkyl halides is 1. The van der Waals surface area contributed by atoms with Gasteiger partial charge in [0.2, 0.25) is 0 Å². The van der Waals surface area contributed by atoms with Gasteiger partial charge in [-0.25, -0.2) is 4.39 Å². The summed E-state index contributed by atoms with van der Waals surface area (Å²) >= 11 is 0. The van der Waals surface area contributed by atoms with E-state index in [9.17, 15) is 0 Å². The molecule has 0 heterocycles. The van der Waals surface area contributed by atoms with Crippen LogP contribution in [0, 0.1) is 11.3 Å². The minimum Gasteiger partial charge on any atom is -0.493 e. The highest BCUT2D eigenvalue weighted by Gasteiger charge is 2.37. The standard InChI is InChI=1S/C34H54FN3O4/c1-3-4-11-39-30-17-26(18-31(21-30)40-12-5-8-36)15-27-16-29(35)25-34(2,23-27)24-28-19-32(41-13-6-9-37)22-33(20-28)42-14-7-10-38/h17-22,27,29H,3-16,23-25,36-38H2,1-2H3. The van der Waals surface area contributed by atoms with Gasteiger partial charge in [-0.3, -0.25) is 0 Å². The molecule has 3 atom stereocenters. The lowest BCUT2D eigenvalue weighted by Crippen LogP contribution is -2.34. The van der Waals surface area contributed by atoms with Crippen molar-refractivity contribution in [3.8, 4) is 23.0 Å². The molecule has 42 heavy (non-hydrogen) atoms. The maximum absolute atomic E-state index is 15.3. The predicted molar refractivity (Wildman–Crippen MR) is 169 cm³/mol. The molecule has 1 aliphatic rings. The molecule has 236 valence electrons. The van der Waals surface area contributed by atoms with Crippen LogP contribution in [0.1, 0.15) is 76.3 Å². The van der Waals surface area contributed by atoms with Crippen LogP contribution in [0.4, 0.5) is 4.39 Å². The first kappa shape index (κ1) is 33.9. The second-order valence-electron chi connectivity index (χ2n) is 12.1. The van der Waals surface area contributed by atoms with Crippen molar-refractivity contribution in [2.75, 3.05) is 46.1 Å². The molecule has 6 N–H and O–H groups in total. The lowest BCUT2D eigenvalue weighted by atomic mass is 9.66. The van der Waals surface area contributed by atoms with Crippen LogP contribution in [0.3, 0.4) is 0 Å². The smallest absolute Gasteiger partial charge is 0.123 e. The van der Waals surface area contributed by atoms with Crippen LogP contribution in [-0.4, -0.2) is 52.2 Å². The highest BCUT2D eigenvalue weighted by atomic mass is 19.1. The molecule has 3 rings (SSSR count). The lowest BCUT2D eigenvalue weighted by Gasteiger charge is -2.40. The molecule has 0 saturated heterocycles. The monoisotopic (exact) mass is 587 g/mol. The Hall–Kier alpha value is -2.55. The van der Waals surface area contributed by atoms with Gasteiger partial charge in [-0.05, 0) is 124 Å². The molecular weight excluding hydrogens is 533 g/mol. The molecule has 0 amide bonds. The summed E-state index contributed by atoms with van der Waals surface area (Å²) in [6.45, 7) is 8.43. The van der Waals surface area contributed by atoms with Crippen LogP contribution in [0.5, 0.6) is 23.0 Å². The van der Waals surface area contributed by atoms with Crippen LogP contribution < -0.4 is 36.1 Å². The fourth-order valence-corrected chi connectivity index (χ4v) is 5.94. The van der Waals surface area contributed by atoms with E-state index in [2.05, 4.69) is 38.1 Å². The largest absolute Gasteiger partial charge is 0.493 e. The van der Waals surface area contributed by atoms with Gasteiger partial charge in [-0.15, -0.1) is 0 Å². The first-order valence-corrected chi connectivity index (χ1v) is 15.9. The Balaban J connectivity index is 1.75. The highest BCUT2D eigenvalue weighted by Crippen LogP contribution is 2.45. The zero-order valence-corrected chi connectivity index (χ0v) is 25.9. The Morgan fingerprint density at radius 1 is 0.690 bits per heavy atom. The van der Waals surface area contributed by atoms with Gasteiger partial charge in [0.25, 0.3) is 0 Å². The zero-order chi connectivity index (χ0) is 30.2. The molecule has 7 nitrogen and oxygen atoms in total. The summed E-state index contributed by atoms with van der Waals surface area (Å²) in [7, 11) is 0. The van der Waals surface area contributed by atoms with Crippen LogP contribution in [-0.2, 0) is 12.8 Å². The molecule has 2 aromatic carbocycles. The summed E-state index contributed by atoms with van der Waals surface area (Å²) in [6.07, 6.45) is 7.14. The number of hydrogen-bond acceptors (Lipinski definition) is 7. The van der Waals surface area contributed by atoms with Crippen molar-refractivity contribution >= 4 is 0 Å². The molecule has 1 aliphatic carbocycles. The normalized spacial score (nSPS) is 20.3. The third-order valence-electron chi connectivity index (χ3n) is 7.74. The molecule has 0 aliphatic heterocycles. The van der Waals surface area contributed by atoms with E-state index in [1.54, 1.807) is 0 Å². The van der Waals surface area contributed by atoms with E-state index in [0.717, 1.165) is 85.5 Å². The van der Waals surface area contributed by atoms with E-state index < -0.39 is 6.17 Å². The molecule has 3 unspecified atom stereocenters. The SMILES string of the molecule is CCCCOc1cc(CC2CC(F)CC(C)(Cc3cc(OCCCN)cc(OCCCN)c3)C2)cc(OCCCN)c1. The van der Waals surface area contributed by atoms with Crippen LogP contribution in [0.15, 0.2) is 36.4 Å². The van der Waals surface area contributed by atoms with Crippen molar-refractivity contribution in [1.82, 2.24) is 0 Å². The maximum atomic E-state index is 15.3. The number of halogens is 1. The number of rotatable bonds is 20. The van der Waals surface area contributed by atoms with Crippen LogP contribution >= 0.6 is 0 Å². The Morgan fingerprint density at radius 2 is 1.14 bits per heavy atom. The molecule has 0 aromatic heterocycles. The molecule has 2 aromatic rings. The fraction of sp³-hybridized carbons (Fsp3) is 0.647. The summed E-state index contributed by atoms with van der Waals surface area (Å²) in [5, 5.41) is 0. The van der Waals surface area contributed by atoms with Crippen molar-refractivity contribution in [1.29, 1.82) is 0 Å². The topological polar surface area (TPSA) is 115 Å². The number of hydrogen-bond donors (Lipinski definition) is 3. The Kier molecular flexibility index (Phi) is 14.7. The van der Waals surface area contributed by atoms with Gasteiger partial charge in [-0.1, -0.05) is 20.3 Å². The van der Waals surface area contributed by atoms with Crippen molar-refractivity contribution in [3.63, 3.8) is 0 Å². The summed E-state index contributed by atoms with van der Waals surface area (Å²) in [4.78, 5) is 0. The molecule has 0 spiro atoms. The second-order valence-corrected chi connectivity index (χ2v) is 12.1. The van der Waals surface area contributed by atoms with Gasteiger partial charge in [0.15, 0.2) is 0 Å². The number of ether oxygens (including phenoxy) is 4. The fourth-order valence-electron chi connectivity index (χ4n) is 5.94. The quantitative estimate of drug-likeness (QED) is 0.163. The van der Waals surface area contributed by atoms with E-state index in [4.69, 9.17) is 36.1 Å². The van der Waals surface area contributed by atoms with Crippen molar-refractivity contribution < 1.29 is 23.3 Å². The Morgan fingerprint density at radius 3 is 1.60 bits per heavy atom. The van der Waals surface area contributed by atoms with Crippen LogP contribution in [0.2, 0.25) is 0 Å². The average molecular weight is 588 g/mol. The molecule has 8 heteroatoms. The van der Waals surface area contributed by atoms with E-state index in [1.807, 2.05) is 12.1 Å². The number of benzene rings is 2. The van der Waals surface area contributed by atoms with Gasteiger partial charge < -0.3 is 36.1 Å². The van der Waals surface area contributed by atoms with E-state index in [0.29, 0.717) is 58.9 Å². The van der Waals surface area contributed by atoms with Crippen molar-refractivity contribution in [3.05, 3.63) is 47.5 Å². The first-order valence-electron chi connectivity index (χ1n) is 15.9. The molecule has 1 saturated carbocycles. The molecule has 0 radical (unpaired) electrons. The zero-order valence-electron chi connectivity index (χ0n) is 25.9. The average Bonchev–Trinajstić information content (AvgIpc) is 2.93. The van der Waals surface area contributed by atoms with Crippen molar-refractivity contribution in [2.24, 2.45) is 28.5 Å². The number of unbranched alkanes of at least 4 members (excludes halogenated alkanes) is 1. The van der Waals surface area contributed by atoms with Crippen LogP contribution in [0.25, 0.3) is 0 Å². The minimum atomic E-state index is -0.845. The molecule has 1 fully saturated rings. The van der Waals surface area contributed by atoms with Gasteiger partial charge in [0.1, 0.15) is 29.2 Å². The van der Waals surface area contributed by atoms with E-state index in [1.165, 1.54) is 0 Å². The Labute approximate surface area is 252 Å². The van der Waals surface area contributed by atoms with Gasteiger partial charge >= 0.3 is 0 Å². The van der Waals surface area contributed by atoms with Gasteiger partial charge in [0, 0.05) is 12.1 Å². The van der Waals surface area contributed by atoms with Gasteiger partial charge in [0.05, 0.1) is 26.4 Å². The molecule has 0 bridgehead atoms. The lowest BCUT2D eigenvalue weighted by molar-refractivity contribution is 0.0794. The summed E-state index contributed by atoms with van der Waals surface area (Å²) in [5.74, 6) is 3.34. The summed E-state index contributed by atoms with van der Waals surface area (Å²) in [5.41, 5.74) is 19.0. The van der Waals surface area contributed by atoms with E-state index in [-0.39, 0.29) is 11.3 Å². The Bertz CT molecular complexity index is 999. The second kappa shape index (κ2) is 18.2. The summed E-state index contributed by atoms with van der Waals surface area (Å²) in [6, 6.07) is 12.2. The van der Waals surface area contributed by atoms with E-state index >= 15 is 4.39 Å². The first-order chi connectivity index (χ1) is 20.4. The molecular formula is C34H54FN3O4. The van der Waals surface area contributed by atoms with Crippen molar-refractivity contribution in [2.45, 2.75) is 84.2 Å². The number of nitrogens with two attached hydrogens (primary N) is 3. The highest BCUT2D eigenvalue weighted by molar-refractivity contribution is 5.40. The van der Waals surface area contributed by atoms with Gasteiger partial charge in [-0.2, -0.15) is 0 Å².